The van der Waals surface area contributed by atoms with Crippen molar-refractivity contribution in [2.24, 2.45) is 11.3 Å². The van der Waals surface area contributed by atoms with E-state index >= 15 is 0 Å². The van der Waals surface area contributed by atoms with Gasteiger partial charge in [0.1, 0.15) is 0 Å². The van der Waals surface area contributed by atoms with E-state index in [9.17, 15) is 0 Å². The van der Waals surface area contributed by atoms with Crippen LogP contribution in [0.3, 0.4) is 0 Å². The molecule has 1 aromatic carbocycles. The Morgan fingerprint density at radius 3 is 2.65 bits per heavy atom. The van der Waals surface area contributed by atoms with Gasteiger partial charge in [0.05, 0.1) is 0 Å². The zero-order chi connectivity index (χ0) is 14.6. The predicted octanol–water partition coefficient (Wildman–Crippen LogP) is 4.38. The van der Waals surface area contributed by atoms with Crippen LogP contribution in [0.15, 0.2) is 18.2 Å². The second-order valence-electron chi connectivity index (χ2n) is 7.32. The second-order valence-corrected chi connectivity index (χ2v) is 7.32. The van der Waals surface area contributed by atoms with Gasteiger partial charge in [-0.05, 0) is 66.7 Å². The summed E-state index contributed by atoms with van der Waals surface area (Å²) in [6.45, 7) is 11.5. The summed E-state index contributed by atoms with van der Waals surface area (Å²) in [7, 11) is 0. The van der Waals surface area contributed by atoms with Gasteiger partial charge in [-0.15, -0.1) is 0 Å². The number of fused-ring (bicyclic) bond motifs is 1. The lowest BCUT2D eigenvalue weighted by molar-refractivity contribution is 0.285. The summed E-state index contributed by atoms with van der Waals surface area (Å²) in [5.74, 6) is 0.733. The Balaban J connectivity index is 1.98. The lowest BCUT2D eigenvalue weighted by Crippen LogP contribution is -2.35. The molecule has 0 amide bonds. The minimum atomic E-state index is 0.377. The lowest BCUT2D eigenvalue weighted by atomic mass is 9.80. The normalized spacial score (nSPS) is 17.2. The Labute approximate surface area is 125 Å². The van der Waals surface area contributed by atoms with E-state index in [4.69, 9.17) is 0 Å². The van der Waals surface area contributed by atoms with Crippen molar-refractivity contribution in [1.82, 2.24) is 5.32 Å². The summed E-state index contributed by atoms with van der Waals surface area (Å²) < 4.78 is 0. The summed E-state index contributed by atoms with van der Waals surface area (Å²) in [6, 6.07) is 7.20. The third-order valence-corrected chi connectivity index (χ3v) is 4.75. The Bertz CT molecular complexity index is 435. The number of nitrogens with one attached hydrogen (secondary N) is 1. The molecule has 1 nitrogen and oxygen atoms in total. The zero-order valence-corrected chi connectivity index (χ0v) is 13.8. The minimum absolute atomic E-state index is 0.377. The largest absolute Gasteiger partial charge is 0.316 e. The maximum absolute atomic E-state index is 3.65. The number of rotatable bonds is 7. The molecule has 0 heterocycles. The molecular formula is C19H31N. The highest BCUT2D eigenvalue weighted by molar-refractivity contribution is 5.35. The van der Waals surface area contributed by atoms with Crippen LogP contribution in [0.25, 0.3) is 0 Å². The van der Waals surface area contributed by atoms with E-state index in [1.165, 1.54) is 37.7 Å². The number of hydrogen-bond acceptors (Lipinski definition) is 1. The van der Waals surface area contributed by atoms with E-state index in [1.54, 1.807) is 11.1 Å². The van der Waals surface area contributed by atoms with Crippen LogP contribution in [-0.2, 0) is 19.3 Å². The molecule has 0 aliphatic heterocycles. The number of aryl methyl sites for hydroxylation is 2. The highest BCUT2D eigenvalue weighted by Crippen LogP contribution is 2.29. The second kappa shape index (κ2) is 6.76. The molecule has 0 radical (unpaired) electrons. The van der Waals surface area contributed by atoms with Gasteiger partial charge in [-0.3, -0.25) is 0 Å². The van der Waals surface area contributed by atoms with E-state index in [-0.39, 0.29) is 0 Å². The fourth-order valence-corrected chi connectivity index (χ4v) is 3.20. The molecule has 1 N–H and O–H groups in total. The van der Waals surface area contributed by atoms with Crippen LogP contribution < -0.4 is 5.32 Å². The molecule has 0 saturated carbocycles. The lowest BCUT2D eigenvalue weighted by Gasteiger charge is -2.29. The van der Waals surface area contributed by atoms with Gasteiger partial charge in [-0.25, -0.2) is 0 Å². The van der Waals surface area contributed by atoms with E-state index < -0.39 is 0 Å². The molecule has 1 heteroatoms. The SMILES string of the molecule is CCC(C)(CNCC(C)C)Cc1ccc2c(c1)CCC2. The fraction of sp³-hybridized carbons (Fsp3) is 0.684. The van der Waals surface area contributed by atoms with Crippen molar-refractivity contribution in [3.05, 3.63) is 34.9 Å². The highest BCUT2D eigenvalue weighted by Gasteiger charge is 2.23. The summed E-state index contributed by atoms with van der Waals surface area (Å²) in [5, 5.41) is 3.65. The molecule has 2 rings (SSSR count). The Hall–Kier alpha value is -0.820. The van der Waals surface area contributed by atoms with E-state index in [0.717, 1.165) is 19.0 Å². The van der Waals surface area contributed by atoms with Crippen LogP contribution in [0.2, 0.25) is 0 Å². The molecule has 112 valence electrons. The molecule has 0 spiro atoms. The van der Waals surface area contributed by atoms with Crippen molar-refractivity contribution < 1.29 is 0 Å². The van der Waals surface area contributed by atoms with Crippen molar-refractivity contribution in [2.45, 2.75) is 59.8 Å². The average molecular weight is 273 g/mol. The van der Waals surface area contributed by atoms with Crippen LogP contribution in [0.1, 0.15) is 57.2 Å². The van der Waals surface area contributed by atoms with Gasteiger partial charge in [0, 0.05) is 6.54 Å². The van der Waals surface area contributed by atoms with E-state index in [0.29, 0.717) is 5.41 Å². The Morgan fingerprint density at radius 2 is 1.95 bits per heavy atom. The van der Waals surface area contributed by atoms with Crippen molar-refractivity contribution >= 4 is 0 Å². The van der Waals surface area contributed by atoms with Crippen LogP contribution in [-0.4, -0.2) is 13.1 Å². The molecule has 0 saturated heterocycles. The topological polar surface area (TPSA) is 12.0 Å². The first-order valence-corrected chi connectivity index (χ1v) is 8.34. The quantitative estimate of drug-likeness (QED) is 0.777. The van der Waals surface area contributed by atoms with Gasteiger partial charge in [0.2, 0.25) is 0 Å². The molecule has 1 aliphatic carbocycles. The molecule has 1 atom stereocenters. The fourth-order valence-electron chi connectivity index (χ4n) is 3.20. The van der Waals surface area contributed by atoms with Gasteiger partial charge in [0.15, 0.2) is 0 Å². The van der Waals surface area contributed by atoms with Gasteiger partial charge < -0.3 is 5.32 Å². The van der Waals surface area contributed by atoms with Gasteiger partial charge in [-0.2, -0.15) is 0 Å². The van der Waals surface area contributed by atoms with Crippen molar-refractivity contribution in [1.29, 1.82) is 0 Å². The van der Waals surface area contributed by atoms with Crippen molar-refractivity contribution in [3.8, 4) is 0 Å². The molecule has 1 aromatic rings. The summed E-state index contributed by atoms with van der Waals surface area (Å²) in [5.41, 5.74) is 5.10. The molecule has 1 unspecified atom stereocenters. The zero-order valence-electron chi connectivity index (χ0n) is 13.8. The average Bonchev–Trinajstić information content (AvgIpc) is 2.85. The third kappa shape index (κ3) is 4.09. The monoisotopic (exact) mass is 273 g/mol. The van der Waals surface area contributed by atoms with Crippen molar-refractivity contribution in [2.75, 3.05) is 13.1 Å². The Kier molecular flexibility index (Phi) is 5.26. The number of hydrogen-bond donors (Lipinski definition) is 1. The van der Waals surface area contributed by atoms with E-state index in [1.807, 2.05) is 0 Å². The first kappa shape index (κ1) is 15.6. The maximum atomic E-state index is 3.65. The van der Waals surface area contributed by atoms with E-state index in [2.05, 4.69) is 51.2 Å². The standard InChI is InChI=1S/C19H31N/c1-5-19(4,14-20-13-15(2)3)12-16-9-10-17-7-6-8-18(17)11-16/h9-11,15,20H,5-8,12-14H2,1-4H3. The highest BCUT2D eigenvalue weighted by atomic mass is 14.9. The molecule has 0 aromatic heterocycles. The van der Waals surface area contributed by atoms with Gasteiger partial charge >= 0.3 is 0 Å². The minimum Gasteiger partial charge on any atom is -0.316 e. The van der Waals surface area contributed by atoms with Crippen molar-refractivity contribution in [3.63, 3.8) is 0 Å². The molecule has 1 aliphatic rings. The van der Waals surface area contributed by atoms with Crippen LogP contribution >= 0.6 is 0 Å². The smallest absolute Gasteiger partial charge is 0.000836 e. The first-order valence-electron chi connectivity index (χ1n) is 8.34. The van der Waals surface area contributed by atoms with Gasteiger partial charge in [0.25, 0.3) is 0 Å². The van der Waals surface area contributed by atoms with Crippen LogP contribution in [0, 0.1) is 11.3 Å². The first-order chi connectivity index (χ1) is 9.52. The predicted molar refractivity (Wildman–Crippen MR) is 88.3 cm³/mol. The van der Waals surface area contributed by atoms with Gasteiger partial charge in [-0.1, -0.05) is 45.9 Å². The summed E-state index contributed by atoms with van der Waals surface area (Å²) in [4.78, 5) is 0. The summed E-state index contributed by atoms with van der Waals surface area (Å²) in [6.07, 6.45) is 6.35. The molecule has 20 heavy (non-hydrogen) atoms. The van der Waals surface area contributed by atoms with Crippen LogP contribution in [0.5, 0.6) is 0 Å². The molecular weight excluding hydrogens is 242 g/mol. The summed E-state index contributed by atoms with van der Waals surface area (Å²) >= 11 is 0. The molecule has 0 fully saturated rings. The molecule has 0 bridgehead atoms. The Morgan fingerprint density at radius 1 is 1.20 bits per heavy atom. The maximum Gasteiger partial charge on any atom is 0.000836 e. The third-order valence-electron chi connectivity index (χ3n) is 4.75. The number of benzene rings is 1. The van der Waals surface area contributed by atoms with Crippen LogP contribution in [0.4, 0.5) is 0 Å².